The maximum Gasteiger partial charge on any atom is 0.253 e. The van der Waals surface area contributed by atoms with Gasteiger partial charge in [-0.15, -0.1) is 0 Å². The molecule has 1 aliphatic heterocycles. The number of nitrogens with zero attached hydrogens (tertiary/aromatic N) is 2. The highest BCUT2D eigenvalue weighted by atomic mass is 16.3. The van der Waals surface area contributed by atoms with Crippen molar-refractivity contribution in [1.29, 1.82) is 0 Å². The molecule has 1 aliphatic rings. The third kappa shape index (κ3) is 5.43. The van der Waals surface area contributed by atoms with Gasteiger partial charge in [-0.25, -0.2) is 4.98 Å². The van der Waals surface area contributed by atoms with Gasteiger partial charge in [0.05, 0.1) is 0 Å². The fourth-order valence-electron chi connectivity index (χ4n) is 4.53. The zero-order valence-corrected chi connectivity index (χ0v) is 19.9. The number of piperidine rings is 1. The average Bonchev–Trinajstić information content (AvgIpc) is 3.32. The zero-order valence-electron chi connectivity index (χ0n) is 19.9. The van der Waals surface area contributed by atoms with E-state index in [9.17, 15) is 9.59 Å². The lowest BCUT2D eigenvalue weighted by Gasteiger charge is -2.31. The number of rotatable bonds is 6. The van der Waals surface area contributed by atoms with Gasteiger partial charge in [-0.1, -0.05) is 48.0 Å². The van der Waals surface area contributed by atoms with E-state index in [1.165, 1.54) is 5.56 Å². The van der Waals surface area contributed by atoms with Crippen molar-refractivity contribution in [2.75, 3.05) is 13.1 Å². The van der Waals surface area contributed by atoms with Gasteiger partial charge in [-0.05, 0) is 61.6 Å². The van der Waals surface area contributed by atoms with E-state index in [0.29, 0.717) is 54.5 Å². The van der Waals surface area contributed by atoms with E-state index in [1.54, 1.807) is 12.1 Å². The molecule has 4 aromatic rings. The molecule has 0 unspecified atom stereocenters. The van der Waals surface area contributed by atoms with Crippen molar-refractivity contribution in [3.05, 3.63) is 89.5 Å². The van der Waals surface area contributed by atoms with E-state index in [1.807, 2.05) is 60.4 Å². The molecule has 0 spiro atoms. The van der Waals surface area contributed by atoms with Crippen LogP contribution in [0.1, 0.15) is 40.7 Å². The summed E-state index contributed by atoms with van der Waals surface area (Å²) in [7, 11) is 0. The fourth-order valence-corrected chi connectivity index (χ4v) is 4.53. The Bertz CT molecular complexity index is 1320. The molecule has 2 heterocycles. The monoisotopic (exact) mass is 467 g/mol. The second-order valence-corrected chi connectivity index (χ2v) is 9.27. The molecule has 178 valence electrons. The standard InChI is InChI=1S/C29H29N3O3/c1-20-7-9-22(10-8-20)19-30-27(33)17-21-13-15-32(16-14-21)29(34)24-11-12-26-25(18-24)31-28(35-26)23-5-3-2-4-6-23/h2-12,18,21H,13-17,19H2,1H3,(H,30,33). The topological polar surface area (TPSA) is 75.4 Å². The molecule has 5 rings (SSSR count). The number of benzene rings is 3. The molecular formula is C29H29N3O3. The Morgan fingerprint density at radius 2 is 1.74 bits per heavy atom. The summed E-state index contributed by atoms with van der Waals surface area (Å²) in [5.74, 6) is 0.912. The number of fused-ring (bicyclic) bond motifs is 1. The van der Waals surface area contributed by atoms with Crippen LogP contribution in [0.15, 0.2) is 77.2 Å². The Morgan fingerprint density at radius 1 is 1.00 bits per heavy atom. The van der Waals surface area contributed by atoms with Gasteiger partial charge in [-0.3, -0.25) is 9.59 Å². The van der Waals surface area contributed by atoms with Gasteiger partial charge < -0.3 is 14.6 Å². The summed E-state index contributed by atoms with van der Waals surface area (Å²) in [5, 5.41) is 3.02. The molecule has 0 saturated carbocycles. The lowest BCUT2D eigenvalue weighted by Crippen LogP contribution is -2.39. The number of oxazole rings is 1. The molecule has 6 heteroatoms. The van der Waals surface area contributed by atoms with Gasteiger partial charge in [0.1, 0.15) is 5.52 Å². The molecule has 2 amide bonds. The molecule has 1 fully saturated rings. The molecule has 6 nitrogen and oxygen atoms in total. The van der Waals surface area contributed by atoms with Crippen LogP contribution in [0.5, 0.6) is 0 Å². The summed E-state index contributed by atoms with van der Waals surface area (Å²) in [6.07, 6.45) is 2.16. The van der Waals surface area contributed by atoms with E-state index in [0.717, 1.165) is 24.0 Å². The molecule has 0 radical (unpaired) electrons. The lowest BCUT2D eigenvalue weighted by atomic mass is 9.92. The molecule has 0 bridgehead atoms. The highest BCUT2D eigenvalue weighted by Gasteiger charge is 2.25. The largest absolute Gasteiger partial charge is 0.436 e. The molecule has 1 aromatic heterocycles. The molecule has 1 N–H and O–H groups in total. The van der Waals surface area contributed by atoms with Gasteiger partial charge >= 0.3 is 0 Å². The summed E-state index contributed by atoms with van der Waals surface area (Å²) >= 11 is 0. The predicted molar refractivity (Wildman–Crippen MR) is 136 cm³/mol. The van der Waals surface area contributed by atoms with Crippen molar-refractivity contribution in [3.63, 3.8) is 0 Å². The number of likely N-dealkylation sites (tertiary alicyclic amines) is 1. The second kappa shape index (κ2) is 10.1. The molecule has 0 aliphatic carbocycles. The number of aryl methyl sites for hydroxylation is 1. The van der Waals surface area contributed by atoms with E-state index < -0.39 is 0 Å². The third-order valence-corrected chi connectivity index (χ3v) is 6.64. The lowest BCUT2D eigenvalue weighted by molar-refractivity contribution is -0.122. The number of hydrogen-bond donors (Lipinski definition) is 1. The van der Waals surface area contributed by atoms with Crippen LogP contribution in [-0.4, -0.2) is 34.8 Å². The number of hydrogen-bond acceptors (Lipinski definition) is 4. The van der Waals surface area contributed by atoms with Crippen LogP contribution in [0.25, 0.3) is 22.6 Å². The first-order valence-corrected chi connectivity index (χ1v) is 12.1. The fraction of sp³-hybridized carbons (Fsp3) is 0.276. The molecule has 1 saturated heterocycles. The first kappa shape index (κ1) is 22.8. The molecule has 0 atom stereocenters. The maximum atomic E-state index is 13.1. The Hall–Kier alpha value is -3.93. The Morgan fingerprint density at radius 3 is 2.49 bits per heavy atom. The van der Waals surface area contributed by atoms with Gasteiger partial charge in [0, 0.05) is 37.2 Å². The second-order valence-electron chi connectivity index (χ2n) is 9.27. The van der Waals surface area contributed by atoms with Crippen LogP contribution < -0.4 is 5.32 Å². The number of nitrogens with one attached hydrogen (secondary N) is 1. The zero-order chi connectivity index (χ0) is 24.2. The van der Waals surface area contributed by atoms with Crippen LogP contribution in [-0.2, 0) is 11.3 Å². The predicted octanol–water partition coefficient (Wildman–Crippen LogP) is 5.36. The van der Waals surface area contributed by atoms with Gasteiger partial charge in [0.25, 0.3) is 5.91 Å². The van der Waals surface area contributed by atoms with Crippen molar-refractivity contribution in [3.8, 4) is 11.5 Å². The van der Waals surface area contributed by atoms with E-state index >= 15 is 0 Å². The maximum absolute atomic E-state index is 13.1. The summed E-state index contributed by atoms with van der Waals surface area (Å²) in [4.78, 5) is 32.0. The van der Waals surface area contributed by atoms with Crippen molar-refractivity contribution >= 4 is 22.9 Å². The van der Waals surface area contributed by atoms with Crippen LogP contribution in [0, 0.1) is 12.8 Å². The summed E-state index contributed by atoms with van der Waals surface area (Å²) in [6.45, 7) is 3.91. The van der Waals surface area contributed by atoms with Gasteiger partial charge in [0.15, 0.2) is 5.58 Å². The van der Waals surface area contributed by atoms with Crippen LogP contribution in [0.3, 0.4) is 0 Å². The average molecular weight is 468 g/mol. The first-order valence-electron chi connectivity index (χ1n) is 12.1. The number of amides is 2. The van der Waals surface area contributed by atoms with Crippen molar-refractivity contribution < 1.29 is 14.0 Å². The summed E-state index contributed by atoms with van der Waals surface area (Å²) < 4.78 is 5.86. The van der Waals surface area contributed by atoms with Crippen molar-refractivity contribution in [2.24, 2.45) is 5.92 Å². The minimum atomic E-state index is -0.00145. The van der Waals surface area contributed by atoms with Crippen molar-refractivity contribution in [2.45, 2.75) is 32.7 Å². The minimum Gasteiger partial charge on any atom is -0.436 e. The number of aromatic nitrogens is 1. The van der Waals surface area contributed by atoms with Crippen molar-refractivity contribution in [1.82, 2.24) is 15.2 Å². The number of carbonyl (C=O) groups excluding carboxylic acids is 2. The Labute approximate surface area is 205 Å². The van der Waals surface area contributed by atoms with Crippen LogP contribution in [0.2, 0.25) is 0 Å². The third-order valence-electron chi connectivity index (χ3n) is 6.64. The van der Waals surface area contributed by atoms with Gasteiger partial charge in [0.2, 0.25) is 11.8 Å². The quantitative estimate of drug-likeness (QED) is 0.414. The highest BCUT2D eigenvalue weighted by molar-refractivity contribution is 5.97. The normalized spacial score (nSPS) is 14.3. The molecular weight excluding hydrogens is 438 g/mol. The van der Waals surface area contributed by atoms with Crippen LogP contribution in [0.4, 0.5) is 0 Å². The van der Waals surface area contributed by atoms with E-state index in [-0.39, 0.29) is 11.8 Å². The Balaban J connectivity index is 1.14. The first-order chi connectivity index (χ1) is 17.0. The van der Waals surface area contributed by atoms with E-state index in [4.69, 9.17) is 4.42 Å². The van der Waals surface area contributed by atoms with Crippen LogP contribution >= 0.6 is 0 Å². The van der Waals surface area contributed by atoms with Gasteiger partial charge in [-0.2, -0.15) is 0 Å². The summed E-state index contributed by atoms with van der Waals surface area (Å²) in [5.41, 5.74) is 5.16. The molecule has 3 aromatic carbocycles. The number of carbonyl (C=O) groups is 2. The SMILES string of the molecule is Cc1ccc(CNC(=O)CC2CCN(C(=O)c3ccc4oc(-c5ccccc5)nc4c3)CC2)cc1. The minimum absolute atomic E-state index is 0.00145. The summed E-state index contributed by atoms with van der Waals surface area (Å²) in [6, 6.07) is 23.3. The highest BCUT2D eigenvalue weighted by Crippen LogP contribution is 2.26. The molecule has 35 heavy (non-hydrogen) atoms. The van der Waals surface area contributed by atoms with E-state index in [2.05, 4.69) is 22.4 Å². The smallest absolute Gasteiger partial charge is 0.253 e. The Kier molecular flexibility index (Phi) is 6.62.